The van der Waals surface area contributed by atoms with Crippen molar-refractivity contribution in [2.75, 3.05) is 0 Å². The molecule has 0 aromatic rings. The standard InChI is InChI=1S/C6H8F3N/c1-2-10-5-3-4-6(7,8)9/h2-3,5H,4H2,1H3/b5-3-,10-2?. The van der Waals surface area contributed by atoms with Crippen LogP contribution in [0.15, 0.2) is 17.3 Å². The predicted molar refractivity (Wildman–Crippen MR) is 34.0 cm³/mol. The molecule has 0 spiro atoms. The van der Waals surface area contributed by atoms with Gasteiger partial charge < -0.3 is 0 Å². The quantitative estimate of drug-likeness (QED) is 0.538. The van der Waals surface area contributed by atoms with Gasteiger partial charge in [0.25, 0.3) is 0 Å². The summed E-state index contributed by atoms with van der Waals surface area (Å²) in [6.45, 7) is 1.64. The van der Waals surface area contributed by atoms with Crippen molar-refractivity contribution in [1.82, 2.24) is 0 Å². The summed E-state index contributed by atoms with van der Waals surface area (Å²) in [6.07, 6.45) is -1.50. The summed E-state index contributed by atoms with van der Waals surface area (Å²) < 4.78 is 34.1. The number of hydrogen-bond acceptors (Lipinski definition) is 1. The number of halogens is 3. The molecule has 0 aliphatic carbocycles. The molecule has 0 saturated carbocycles. The Labute approximate surface area is 57.3 Å². The second-order valence-electron chi connectivity index (χ2n) is 1.61. The molecule has 0 radical (unpaired) electrons. The third-order valence-electron chi connectivity index (χ3n) is 0.690. The molecule has 58 valence electrons. The zero-order chi connectivity index (χ0) is 8.04. The number of rotatable bonds is 2. The zero-order valence-corrected chi connectivity index (χ0v) is 5.52. The Kier molecular flexibility index (Phi) is 3.76. The van der Waals surface area contributed by atoms with Crippen molar-refractivity contribution in [2.24, 2.45) is 4.99 Å². The SMILES string of the molecule is CC=N/C=C\CC(F)(F)F. The van der Waals surface area contributed by atoms with Crippen LogP contribution in [-0.2, 0) is 0 Å². The largest absolute Gasteiger partial charge is 0.392 e. The first-order valence-electron chi connectivity index (χ1n) is 2.76. The van der Waals surface area contributed by atoms with Crippen molar-refractivity contribution in [3.63, 3.8) is 0 Å². The minimum Gasteiger partial charge on any atom is -0.270 e. The summed E-state index contributed by atoms with van der Waals surface area (Å²) in [5.74, 6) is 0. The van der Waals surface area contributed by atoms with Gasteiger partial charge in [0.1, 0.15) is 0 Å². The Morgan fingerprint density at radius 2 is 2.00 bits per heavy atom. The van der Waals surface area contributed by atoms with Crippen LogP contribution in [0.2, 0.25) is 0 Å². The van der Waals surface area contributed by atoms with E-state index < -0.39 is 12.6 Å². The van der Waals surface area contributed by atoms with Crippen LogP contribution in [0.3, 0.4) is 0 Å². The zero-order valence-electron chi connectivity index (χ0n) is 5.52. The molecule has 0 aliphatic rings. The van der Waals surface area contributed by atoms with Crippen LogP contribution in [-0.4, -0.2) is 12.4 Å². The molecule has 0 saturated heterocycles. The summed E-state index contributed by atoms with van der Waals surface area (Å²) in [5, 5.41) is 0. The first-order chi connectivity index (χ1) is 4.56. The number of hydrogen-bond donors (Lipinski definition) is 0. The molecule has 0 rings (SSSR count). The average molecular weight is 151 g/mol. The molecule has 10 heavy (non-hydrogen) atoms. The highest BCUT2D eigenvalue weighted by atomic mass is 19.4. The lowest BCUT2D eigenvalue weighted by Gasteiger charge is -1.98. The van der Waals surface area contributed by atoms with E-state index in [1.54, 1.807) is 6.92 Å². The molecule has 0 heterocycles. The van der Waals surface area contributed by atoms with Crippen LogP contribution in [0.4, 0.5) is 13.2 Å². The van der Waals surface area contributed by atoms with Gasteiger partial charge in [-0.25, -0.2) is 0 Å². The van der Waals surface area contributed by atoms with E-state index >= 15 is 0 Å². The lowest BCUT2D eigenvalue weighted by atomic mass is 10.4. The maximum absolute atomic E-state index is 11.4. The monoisotopic (exact) mass is 151 g/mol. The summed E-state index contributed by atoms with van der Waals surface area (Å²) in [6, 6.07) is 0. The van der Waals surface area contributed by atoms with Crippen LogP contribution in [0.5, 0.6) is 0 Å². The molecular formula is C6H8F3N. The van der Waals surface area contributed by atoms with E-state index in [0.717, 1.165) is 12.3 Å². The van der Waals surface area contributed by atoms with Gasteiger partial charge in [0, 0.05) is 12.4 Å². The van der Waals surface area contributed by atoms with E-state index in [2.05, 4.69) is 4.99 Å². The van der Waals surface area contributed by atoms with Gasteiger partial charge in [0.05, 0.1) is 6.42 Å². The second kappa shape index (κ2) is 4.09. The fourth-order valence-electron chi connectivity index (χ4n) is 0.333. The number of alkyl halides is 3. The number of aliphatic imine (C=N–C) groups is 1. The van der Waals surface area contributed by atoms with Gasteiger partial charge in [0.15, 0.2) is 0 Å². The molecule has 0 amide bonds. The molecule has 4 heteroatoms. The first-order valence-corrected chi connectivity index (χ1v) is 2.76. The maximum atomic E-state index is 11.4. The van der Waals surface area contributed by atoms with Crippen molar-refractivity contribution in [2.45, 2.75) is 19.5 Å². The van der Waals surface area contributed by atoms with Gasteiger partial charge in [-0.15, -0.1) is 0 Å². The molecule has 0 atom stereocenters. The second-order valence-corrected chi connectivity index (χ2v) is 1.61. The minimum atomic E-state index is -4.11. The molecule has 0 N–H and O–H groups in total. The van der Waals surface area contributed by atoms with E-state index in [4.69, 9.17) is 0 Å². The van der Waals surface area contributed by atoms with E-state index in [1.165, 1.54) is 6.21 Å². The Bertz CT molecular complexity index is 134. The molecule has 0 bridgehead atoms. The Morgan fingerprint density at radius 3 is 2.40 bits per heavy atom. The lowest BCUT2D eigenvalue weighted by molar-refractivity contribution is -0.125. The Balaban J connectivity index is 3.54. The summed E-state index contributed by atoms with van der Waals surface area (Å²) in [4.78, 5) is 3.47. The molecule has 0 aliphatic heterocycles. The van der Waals surface area contributed by atoms with Crippen LogP contribution in [0.25, 0.3) is 0 Å². The van der Waals surface area contributed by atoms with E-state index in [1.807, 2.05) is 0 Å². The predicted octanol–water partition coefficient (Wildman–Crippen LogP) is 2.54. The minimum absolute atomic E-state index is 0.912. The van der Waals surface area contributed by atoms with Crippen LogP contribution < -0.4 is 0 Å². The highest BCUT2D eigenvalue weighted by molar-refractivity contribution is 5.54. The number of nitrogens with zero attached hydrogens (tertiary/aromatic N) is 1. The highest BCUT2D eigenvalue weighted by Gasteiger charge is 2.24. The highest BCUT2D eigenvalue weighted by Crippen LogP contribution is 2.19. The molecule has 0 unspecified atom stereocenters. The third-order valence-corrected chi connectivity index (χ3v) is 0.690. The van der Waals surface area contributed by atoms with Crippen molar-refractivity contribution < 1.29 is 13.2 Å². The van der Waals surface area contributed by atoms with Crippen molar-refractivity contribution >= 4 is 6.21 Å². The van der Waals surface area contributed by atoms with Crippen LogP contribution in [0.1, 0.15) is 13.3 Å². The van der Waals surface area contributed by atoms with Gasteiger partial charge in [0.2, 0.25) is 0 Å². The molecule has 1 nitrogen and oxygen atoms in total. The Hall–Kier alpha value is -0.800. The van der Waals surface area contributed by atoms with Gasteiger partial charge in [-0.05, 0) is 6.92 Å². The van der Waals surface area contributed by atoms with E-state index in [-0.39, 0.29) is 0 Å². The first kappa shape index (κ1) is 9.20. The van der Waals surface area contributed by atoms with Gasteiger partial charge >= 0.3 is 6.18 Å². The molecular weight excluding hydrogens is 143 g/mol. The molecule has 0 fully saturated rings. The molecule has 0 aromatic carbocycles. The maximum Gasteiger partial charge on any atom is 0.392 e. The lowest BCUT2D eigenvalue weighted by Crippen LogP contribution is -2.03. The van der Waals surface area contributed by atoms with Gasteiger partial charge in [-0.1, -0.05) is 6.08 Å². The van der Waals surface area contributed by atoms with Crippen molar-refractivity contribution in [3.05, 3.63) is 12.3 Å². The van der Waals surface area contributed by atoms with Gasteiger partial charge in [-0.3, -0.25) is 4.99 Å². The summed E-state index contributed by atoms with van der Waals surface area (Å²) in [5.41, 5.74) is 0. The van der Waals surface area contributed by atoms with E-state index in [0.29, 0.717) is 0 Å². The smallest absolute Gasteiger partial charge is 0.270 e. The number of allylic oxidation sites excluding steroid dienone is 1. The van der Waals surface area contributed by atoms with E-state index in [9.17, 15) is 13.2 Å². The van der Waals surface area contributed by atoms with Crippen molar-refractivity contribution in [1.29, 1.82) is 0 Å². The topological polar surface area (TPSA) is 12.4 Å². The van der Waals surface area contributed by atoms with Crippen LogP contribution in [0, 0.1) is 0 Å². The fraction of sp³-hybridized carbons (Fsp3) is 0.500. The summed E-state index contributed by atoms with van der Waals surface area (Å²) >= 11 is 0. The Morgan fingerprint density at radius 1 is 1.40 bits per heavy atom. The van der Waals surface area contributed by atoms with Crippen molar-refractivity contribution in [3.8, 4) is 0 Å². The van der Waals surface area contributed by atoms with Gasteiger partial charge in [-0.2, -0.15) is 13.2 Å². The fourth-order valence-corrected chi connectivity index (χ4v) is 0.333. The summed E-state index contributed by atoms with van der Waals surface area (Å²) in [7, 11) is 0. The average Bonchev–Trinajstić information content (AvgIpc) is 1.78. The third kappa shape index (κ3) is 7.20. The van der Waals surface area contributed by atoms with Crippen LogP contribution >= 0.6 is 0 Å². The molecule has 0 aromatic heterocycles. The normalized spacial score (nSPS) is 13.6.